The molecule has 1 unspecified atom stereocenters. The highest BCUT2D eigenvalue weighted by Crippen LogP contribution is 2.33. The van der Waals surface area contributed by atoms with Gasteiger partial charge in [-0.2, -0.15) is 0 Å². The van der Waals surface area contributed by atoms with E-state index in [-0.39, 0.29) is 22.3 Å². The van der Waals surface area contributed by atoms with Crippen molar-refractivity contribution in [2.24, 2.45) is 5.92 Å². The van der Waals surface area contributed by atoms with Crippen LogP contribution in [0.4, 0.5) is 10.5 Å². The minimum absolute atomic E-state index is 0.0424. The van der Waals surface area contributed by atoms with Crippen LogP contribution < -0.4 is 10.6 Å². The van der Waals surface area contributed by atoms with E-state index in [2.05, 4.69) is 26.6 Å². The number of hydrogen-bond acceptors (Lipinski definition) is 2. The molecule has 1 atom stereocenters. The Hall–Kier alpha value is -0.980. The van der Waals surface area contributed by atoms with Crippen LogP contribution in [0, 0.1) is 5.92 Å². The van der Waals surface area contributed by atoms with E-state index in [1.165, 1.54) is 0 Å². The summed E-state index contributed by atoms with van der Waals surface area (Å²) < 4.78 is 0.692. The Morgan fingerprint density at radius 1 is 1.33 bits per heavy atom. The van der Waals surface area contributed by atoms with E-state index in [4.69, 9.17) is 28.3 Å². The fourth-order valence-electron chi connectivity index (χ4n) is 1.70. The topological polar surface area (TPSA) is 78.4 Å². The molecule has 0 spiro atoms. The van der Waals surface area contributed by atoms with Crippen molar-refractivity contribution in [3.05, 3.63) is 26.7 Å². The van der Waals surface area contributed by atoms with Gasteiger partial charge in [-0.1, -0.05) is 52.5 Å². The van der Waals surface area contributed by atoms with Crippen molar-refractivity contribution in [3.63, 3.8) is 0 Å². The standard InChI is InChI=1S/C13H15BrCl2N2O3/c1-2-3-7(12(19)20)6-17-13(21)18-11-9(15)4-8(14)5-10(11)16/h4-5,7H,2-3,6H2,1H3,(H,19,20)(H2,17,18,21). The molecular weight excluding hydrogens is 383 g/mol. The monoisotopic (exact) mass is 396 g/mol. The number of aliphatic carboxylic acids is 1. The Morgan fingerprint density at radius 3 is 2.38 bits per heavy atom. The first kappa shape index (κ1) is 18.1. The van der Waals surface area contributed by atoms with Gasteiger partial charge in [0.15, 0.2) is 0 Å². The van der Waals surface area contributed by atoms with Gasteiger partial charge in [0.1, 0.15) is 0 Å². The van der Waals surface area contributed by atoms with Crippen LogP contribution in [0.5, 0.6) is 0 Å². The van der Waals surface area contributed by atoms with Crippen LogP contribution in [-0.2, 0) is 4.79 Å². The molecule has 8 heteroatoms. The second kappa shape index (κ2) is 8.46. The Morgan fingerprint density at radius 2 is 1.90 bits per heavy atom. The number of rotatable bonds is 6. The van der Waals surface area contributed by atoms with Crippen LogP contribution in [0.15, 0.2) is 16.6 Å². The molecule has 0 aliphatic rings. The summed E-state index contributed by atoms with van der Waals surface area (Å²) in [5.74, 6) is -1.55. The van der Waals surface area contributed by atoms with Gasteiger partial charge in [0.05, 0.1) is 21.7 Å². The van der Waals surface area contributed by atoms with E-state index in [0.717, 1.165) is 6.42 Å². The van der Waals surface area contributed by atoms with Gasteiger partial charge < -0.3 is 15.7 Å². The van der Waals surface area contributed by atoms with Crippen molar-refractivity contribution in [1.82, 2.24) is 5.32 Å². The lowest BCUT2D eigenvalue weighted by molar-refractivity contribution is -0.141. The third-order valence-corrected chi connectivity index (χ3v) is 3.79. The fraction of sp³-hybridized carbons (Fsp3) is 0.385. The minimum Gasteiger partial charge on any atom is -0.481 e. The molecule has 1 aromatic rings. The second-order valence-electron chi connectivity index (χ2n) is 4.40. The molecule has 0 fully saturated rings. The van der Waals surface area contributed by atoms with Crippen molar-refractivity contribution in [1.29, 1.82) is 0 Å². The summed E-state index contributed by atoms with van der Waals surface area (Å²) in [6.07, 6.45) is 1.22. The van der Waals surface area contributed by atoms with Gasteiger partial charge in [-0.3, -0.25) is 4.79 Å². The number of carboxylic acids is 1. The molecule has 3 N–H and O–H groups in total. The van der Waals surface area contributed by atoms with E-state index in [9.17, 15) is 9.59 Å². The maximum absolute atomic E-state index is 11.8. The first-order valence-electron chi connectivity index (χ1n) is 6.27. The second-order valence-corrected chi connectivity index (χ2v) is 6.13. The molecule has 21 heavy (non-hydrogen) atoms. The lowest BCUT2D eigenvalue weighted by Crippen LogP contribution is -2.35. The maximum atomic E-state index is 11.8. The van der Waals surface area contributed by atoms with Crippen molar-refractivity contribution < 1.29 is 14.7 Å². The van der Waals surface area contributed by atoms with Crippen LogP contribution in [-0.4, -0.2) is 23.7 Å². The third-order valence-electron chi connectivity index (χ3n) is 2.74. The number of anilines is 1. The number of hydrogen-bond donors (Lipinski definition) is 3. The smallest absolute Gasteiger partial charge is 0.319 e. The van der Waals surface area contributed by atoms with E-state index in [0.29, 0.717) is 10.9 Å². The van der Waals surface area contributed by atoms with Crippen molar-refractivity contribution in [3.8, 4) is 0 Å². The van der Waals surface area contributed by atoms with Gasteiger partial charge in [-0.05, 0) is 18.6 Å². The lowest BCUT2D eigenvalue weighted by atomic mass is 10.0. The highest BCUT2D eigenvalue weighted by molar-refractivity contribution is 9.10. The van der Waals surface area contributed by atoms with E-state index in [1.54, 1.807) is 12.1 Å². The Kier molecular flexibility index (Phi) is 7.28. The molecule has 1 aromatic carbocycles. The van der Waals surface area contributed by atoms with E-state index < -0.39 is 17.9 Å². The van der Waals surface area contributed by atoms with Crippen LogP contribution in [0.3, 0.4) is 0 Å². The molecule has 0 radical (unpaired) electrons. The Balaban J connectivity index is 2.64. The lowest BCUT2D eigenvalue weighted by Gasteiger charge is -2.14. The zero-order valence-electron chi connectivity index (χ0n) is 11.3. The molecule has 0 bridgehead atoms. The van der Waals surface area contributed by atoms with E-state index >= 15 is 0 Å². The summed E-state index contributed by atoms with van der Waals surface area (Å²) in [7, 11) is 0. The number of urea groups is 1. The summed E-state index contributed by atoms with van der Waals surface area (Å²) in [5.41, 5.74) is 0.279. The van der Waals surface area contributed by atoms with Crippen molar-refractivity contribution in [2.75, 3.05) is 11.9 Å². The first-order chi connectivity index (χ1) is 9.85. The third kappa shape index (κ3) is 5.73. The minimum atomic E-state index is -0.933. The summed E-state index contributed by atoms with van der Waals surface area (Å²) in [6, 6.07) is 2.64. The van der Waals surface area contributed by atoms with Crippen molar-refractivity contribution in [2.45, 2.75) is 19.8 Å². The van der Waals surface area contributed by atoms with Crippen LogP contribution in [0.1, 0.15) is 19.8 Å². The highest BCUT2D eigenvalue weighted by Gasteiger charge is 2.18. The molecule has 2 amide bonds. The zero-order valence-corrected chi connectivity index (χ0v) is 14.3. The molecule has 0 saturated carbocycles. The predicted molar refractivity (Wildman–Crippen MR) is 87.2 cm³/mol. The molecule has 0 heterocycles. The number of nitrogens with one attached hydrogen (secondary N) is 2. The molecule has 116 valence electrons. The molecular formula is C13H15BrCl2N2O3. The largest absolute Gasteiger partial charge is 0.481 e. The van der Waals surface area contributed by atoms with E-state index in [1.807, 2.05) is 6.92 Å². The molecule has 0 aromatic heterocycles. The maximum Gasteiger partial charge on any atom is 0.319 e. The fourth-order valence-corrected chi connectivity index (χ4v) is 3.00. The van der Waals surface area contributed by atoms with Crippen LogP contribution >= 0.6 is 39.1 Å². The number of benzene rings is 1. The molecule has 5 nitrogen and oxygen atoms in total. The quantitative estimate of drug-likeness (QED) is 0.666. The summed E-state index contributed by atoms with van der Waals surface area (Å²) in [4.78, 5) is 22.8. The first-order valence-corrected chi connectivity index (χ1v) is 7.82. The normalized spacial score (nSPS) is 11.8. The van der Waals surface area contributed by atoms with Crippen LogP contribution in [0.2, 0.25) is 10.0 Å². The average molecular weight is 398 g/mol. The predicted octanol–water partition coefficient (Wildman–Crippen LogP) is 4.38. The van der Waals surface area contributed by atoms with Crippen LogP contribution in [0.25, 0.3) is 0 Å². The highest BCUT2D eigenvalue weighted by atomic mass is 79.9. The summed E-state index contributed by atoms with van der Waals surface area (Å²) >= 11 is 15.2. The number of halogens is 3. The molecule has 0 aliphatic carbocycles. The SMILES string of the molecule is CCCC(CNC(=O)Nc1c(Cl)cc(Br)cc1Cl)C(=O)O. The van der Waals surface area contributed by atoms with Gasteiger partial charge in [-0.15, -0.1) is 0 Å². The Labute approximate surface area is 141 Å². The van der Waals surface area contributed by atoms with Gasteiger partial charge in [-0.25, -0.2) is 4.79 Å². The number of amides is 2. The van der Waals surface area contributed by atoms with Gasteiger partial charge >= 0.3 is 12.0 Å². The van der Waals surface area contributed by atoms with Crippen molar-refractivity contribution >= 4 is 56.8 Å². The average Bonchev–Trinajstić information content (AvgIpc) is 2.38. The summed E-state index contributed by atoms with van der Waals surface area (Å²) in [5, 5.41) is 14.6. The molecule has 1 rings (SSSR count). The van der Waals surface area contributed by atoms with Gasteiger partial charge in [0.2, 0.25) is 0 Å². The Bertz CT molecular complexity index is 517. The number of carboxylic acid groups (broad SMARTS) is 1. The van der Waals surface area contributed by atoms with Gasteiger partial charge in [0, 0.05) is 11.0 Å². The van der Waals surface area contributed by atoms with Gasteiger partial charge in [0.25, 0.3) is 0 Å². The molecule has 0 aliphatic heterocycles. The zero-order chi connectivity index (χ0) is 16.0. The number of carbonyl (C=O) groups is 2. The summed E-state index contributed by atoms with van der Waals surface area (Å²) in [6.45, 7) is 1.93. The number of carbonyl (C=O) groups excluding carboxylic acids is 1. The molecule has 0 saturated heterocycles.